The molecule has 0 atom stereocenters. The number of nitrogens with zero attached hydrogens (tertiary/aromatic N) is 2. The van der Waals surface area contributed by atoms with E-state index in [9.17, 15) is 4.79 Å². The number of unbranched alkanes of at least 4 members (excludes halogenated alkanes) is 12. The van der Waals surface area contributed by atoms with Gasteiger partial charge < -0.3 is 4.74 Å². The lowest BCUT2D eigenvalue weighted by Gasteiger charge is -2.29. The summed E-state index contributed by atoms with van der Waals surface area (Å²) in [4.78, 5) is 22.0. The maximum Gasteiger partial charge on any atom is 0.343 e. The van der Waals surface area contributed by atoms with Gasteiger partial charge in [0.25, 0.3) is 0 Å². The molecule has 4 nitrogen and oxygen atoms in total. The number of carbonyl (C=O) groups excluding carboxylic acids is 1. The first-order valence-corrected chi connectivity index (χ1v) is 18.5. The molecule has 3 aromatic rings. The molecule has 1 fully saturated rings. The molecule has 0 radical (unpaired) electrons. The summed E-state index contributed by atoms with van der Waals surface area (Å²) in [6.07, 6.45) is 29.0. The first-order valence-electron chi connectivity index (χ1n) is 18.5. The van der Waals surface area contributed by atoms with Crippen LogP contribution >= 0.6 is 0 Å². The molecular formula is C41H57FN2O2. The number of halogens is 1. The molecule has 4 rings (SSSR count). The van der Waals surface area contributed by atoms with E-state index in [0.29, 0.717) is 11.6 Å². The minimum atomic E-state index is -0.553. The van der Waals surface area contributed by atoms with Crippen molar-refractivity contribution in [3.63, 3.8) is 0 Å². The van der Waals surface area contributed by atoms with Crippen LogP contribution in [0.2, 0.25) is 0 Å². The summed E-state index contributed by atoms with van der Waals surface area (Å²) in [5, 5.41) is 0. The van der Waals surface area contributed by atoms with Crippen LogP contribution in [0.3, 0.4) is 0 Å². The average molecular weight is 629 g/mol. The number of hydrogen-bond donors (Lipinski definition) is 0. The second-order valence-corrected chi connectivity index (χ2v) is 13.6. The Hall–Kier alpha value is -3.08. The highest BCUT2D eigenvalue weighted by molar-refractivity contribution is 5.91. The van der Waals surface area contributed by atoms with Gasteiger partial charge in [0.2, 0.25) is 0 Å². The van der Waals surface area contributed by atoms with Crippen molar-refractivity contribution >= 4 is 5.97 Å². The Morgan fingerprint density at radius 3 is 1.93 bits per heavy atom. The van der Waals surface area contributed by atoms with Crippen molar-refractivity contribution in [3.8, 4) is 17.1 Å². The van der Waals surface area contributed by atoms with Crippen LogP contribution in [0.25, 0.3) is 11.4 Å². The van der Waals surface area contributed by atoms with Crippen molar-refractivity contribution in [3.05, 3.63) is 77.4 Å². The molecule has 1 aromatic heterocycles. The van der Waals surface area contributed by atoms with Crippen LogP contribution in [0.5, 0.6) is 5.75 Å². The van der Waals surface area contributed by atoms with Crippen molar-refractivity contribution in [1.29, 1.82) is 0 Å². The van der Waals surface area contributed by atoms with Gasteiger partial charge in [0, 0.05) is 18.0 Å². The van der Waals surface area contributed by atoms with Gasteiger partial charge in [0.15, 0.2) is 5.82 Å². The van der Waals surface area contributed by atoms with Gasteiger partial charge in [-0.05, 0) is 97.9 Å². The zero-order valence-corrected chi connectivity index (χ0v) is 28.6. The number of hydrogen-bond acceptors (Lipinski definition) is 4. The fraction of sp³-hybridized carbons (Fsp3) is 0.585. The van der Waals surface area contributed by atoms with E-state index in [1.54, 1.807) is 24.3 Å². The molecule has 1 saturated carbocycles. The summed E-state index contributed by atoms with van der Waals surface area (Å²) in [5.41, 5.74) is 2.99. The van der Waals surface area contributed by atoms with Crippen LogP contribution in [0, 0.1) is 11.7 Å². The van der Waals surface area contributed by atoms with E-state index in [4.69, 9.17) is 4.74 Å². The monoisotopic (exact) mass is 628 g/mol. The smallest absolute Gasteiger partial charge is 0.343 e. The number of aromatic nitrogens is 2. The Bertz CT molecular complexity index is 1280. The molecule has 0 spiro atoms. The highest BCUT2D eigenvalue weighted by Crippen LogP contribution is 2.39. The maximum atomic E-state index is 15.2. The van der Waals surface area contributed by atoms with E-state index < -0.39 is 5.97 Å². The van der Waals surface area contributed by atoms with E-state index in [0.717, 1.165) is 41.9 Å². The normalized spacial score (nSPS) is 16.4. The lowest BCUT2D eigenvalue weighted by Crippen LogP contribution is -2.15. The van der Waals surface area contributed by atoms with Crippen molar-refractivity contribution in [2.45, 2.75) is 148 Å². The maximum absolute atomic E-state index is 15.2. The molecule has 1 heterocycles. The summed E-state index contributed by atoms with van der Waals surface area (Å²) in [5.74, 6) is 1.22. The van der Waals surface area contributed by atoms with E-state index in [-0.39, 0.29) is 17.3 Å². The Morgan fingerprint density at radius 1 is 0.739 bits per heavy atom. The van der Waals surface area contributed by atoms with Gasteiger partial charge >= 0.3 is 5.97 Å². The summed E-state index contributed by atoms with van der Waals surface area (Å²) < 4.78 is 20.8. The molecule has 250 valence electrons. The Morgan fingerprint density at radius 2 is 1.33 bits per heavy atom. The first kappa shape index (κ1) is 35.8. The Labute approximate surface area is 278 Å². The molecular weight excluding hydrogens is 571 g/mol. The average Bonchev–Trinajstić information content (AvgIpc) is 3.08. The van der Waals surface area contributed by atoms with Gasteiger partial charge in [0.05, 0.1) is 5.56 Å². The van der Waals surface area contributed by atoms with Gasteiger partial charge in [-0.3, -0.25) is 0 Å². The van der Waals surface area contributed by atoms with Crippen LogP contribution in [-0.4, -0.2) is 15.9 Å². The molecule has 5 heteroatoms. The van der Waals surface area contributed by atoms with Crippen LogP contribution in [-0.2, 0) is 6.42 Å². The summed E-state index contributed by atoms with van der Waals surface area (Å²) >= 11 is 0. The van der Waals surface area contributed by atoms with Crippen LogP contribution in [0.15, 0.2) is 54.9 Å². The van der Waals surface area contributed by atoms with Gasteiger partial charge in [0.1, 0.15) is 11.6 Å². The third kappa shape index (κ3) is 11.9. The van der Waals surface area contributed by atoms with E-state index >= 15 is 4.39 Å². The zero-order valence-electron chi connectivity index (χ0n) is 28.6. The molecule has 1 aliphatic carbocycles. The number of rotatable bonds is 20. The van der Waals surface area contributed by atoms with Gasteiger partial charge in [-0.25, -0.2) is 19.2 Å². The third-order valence-electron chi connectivity index (χ3n) is 9.84. The minimum Gasteiger partial charge on any atom is -0.423 e. The van der Waals surface area contributed by atoms with Crippen molar-refractivity contribution in [1.82, 2.24) is 9.97 Å². The molecule has 46 heavy (non-hydrogen) atoms. The molecule has 0 amide bonds. The SMILES string of the molecule is CCCCCCCCCc1cnc(-c2ccc(OC(=O)c3ccc(C4CCC(CCCCCCCCC)CC4)c(F)c3)cc2)nc1. The predicted molar refractivity (Wildman–Crippen MR) is 188 cm³/mol. The molecule has 2 aromatic carbocycles. The van der Waals surface area contributed by atoms with Gasteiger partial charge in [-0.1, -0.05) is 110 Å². The highest BCUT2D eigenvalue weighted by atomic mass is 19.1. The quantitative estimate of drug-likeness (QED) is 0.0709. The number of benzene rings is 2. The Balaban J connectivity index is 1.19. The van der Waals surface area contributed by atoms with Crippen molar-refractivity contribution in [2.24, 2.45) is 5.92 Å². The fourth-order valence-electron chi connectivity index (χ4n) is 6.89. The number of carbonyl (C=O) groups is 1. The molecule has 0 N–H and O–H groups in total. The van der Waals surface area contributed by atoms with E-state index in [1.165, 1.54) is 115 Å². The second kappa shape index (κ2) is 20.2. The minimum absolute atomic E-state index is 0.234. The summed E-state index contributed by atoms with van der Waals surface area (Å²) in [6.45, 7) is 4.51. The standard InChI is InChI=1S/C41H57FN2O2/c1-3-5-7-9-11-13-15-17-32-19-21-34(22-20-32)38-28-25-36(29-39(38)42)41(45)46-37-26-23-35(24-27-37)40-43-30-33(31-44-40)18-16-14-12-10-8-6-4-2/h23-32,34H,3-22H2,1-2H3. The number of esters is 1. The van der Waals surface area contributed by atoms with Crippen molar-refractivity contribution in [2.75, 3.05) is 0 Å². The highest BCUT2D eigenvalue weighted by Gasteiger charge is 2.25. The zero-order chi connectivity index (χ0) is 32.4. The second-order valence-electron chi connectivity index (χ2n) is 13.6. The van der Waals surface area contributed by atoms with Crippen LogP contribution in [0.4, 0.5) is 4.39 Å². The number of aryl methyl sites for hydroxylation is 1. The van der Waals surface area contributed by atoms with Crippen LogP contribution in [0.1, 0.15) is 163 Å². The van der Waals surface area contributed by atoms with Crippen LogP contribution < -0.4 is 4.74 Å². The largest absolute Gasteiger partial charge is 0.423 e. The van der Waals surface area contributed by atoms with E-state index in [2.05, 4.69) is 23.8 Å². The predicted octanol–water partition coefficient (Wildman–Crippen LogP) is 12.2. The van der Waals surface area contributed by atoms with Gasteiger partial charge in [-0.15, -0.1) is 0 Å². The van der Waals surface area contributed by atoms with Crippen molar-refractivity contribution < 1.29 is 13.9 Å². The lowest BCUT2D eigenvalue weighted by molar-refractivity contribution is 0.0734. The topological polar surface area (TPSA) is 52.1 Å². The summed E-state index contributed by atoms with van der Waals surface area (Å²) in [6, 6.07) is 12.0. The first-order chi connectivity index (χ1) is 22.6. The third-order valence-corrected chi connectivity index (χ3v) is 9.84. The molecule has 0 bridgehead atoms. The molecule has 0 unspecified atom stereocenters. The van der Waals surface area contributed by atoms with Gasteiger partial charge in [-0.2, -0.15) is 0 Å². The molecule has 1 aliphatic rings. The Kier molecular flexibility index (Phi) is 15.7. The fourth-order valence-corrected chi connectivity index (χ4v) is 6.89. The molecule has 0 aliphatic heterocycles. The number of ether oxygens (including phenoxy) is 1. The van der Waals surface area contributed by atoms with E-state index in [1.807, 2.05) is 24.5 Å². The summed E-state index contributed by atoms with van der Waals surface area (Å²) in [7, 11) is 0. The molecule has 0 saturated heterocycles. The lowest BCUT2D eigenvalue weighted by atomic mass is 9.76.